The summed E-state index contributed by atoms with van der Waals surface area (Å²) in [6, 6.07) is 4.28. The molecular weight excluding hydrogens is 218 g/mol. The first-order valence-electron chi connectivity index (χ1n) is 4.35. The van der Waals surface area contributed by atoms with Crippen molar-refractivity contribution >= 4 is 11.1 Å². The van der Waals surface area contributed by atoms with Gasteiger partial charge in [-0.1, -0.05) is 0 Å². The van der Waals surface area contributed by atoms with Gasteiger partial charge in [-0.25, -0.2) is 4.79 Å². The standard InChI is InChI=1S/C10H6F2N2O2/c1-14-7-4-6(10(11,12)5-13)2-3-8(7)16-9(14)15/h2-4H,1H3. The summed E-state index contributed by atoms with van der Waals surface area (Å²) in [5, 5.41) is 8.30. The van der Waals surface area contributed by atoms with E-state index in [0.717, 1.165) is 22.8 Å². The number of nitrogens with zero attached hydrogens (tertiary/aromatic N) is 2. The van der Waals surface area contributed by atoms with E-state index in [4.69, 9.17) is 9.68 Å². The van der Waals surface area contributed by atoms with Crippen LogP contribution < -0.4 is 5.76 Å². The van der Waals surface area contributed by atoms with Gasteiger partial charge in [0.15, 0.2) is 5.58 Å². The van der Waals surface area contributed by atoms with Gasteiger partial charge in [0.25, 0.3) is 0 Å². The summed E-state index contributed by atoms with van der Waals surface area (Å²) in [6.45, 7) is 0. The van der Waals surface area contributed by atoms with Crippen LogP contribution in [0.5, 0.6) is 0 Å². The van der Waals surface area contributed by atoms with Crippen LogP contribution in [-0.2, 0) is 13.0 Å². The van der Waals surface area contributed by atoms with Crippen LogP contribution in [0.4, 0.5) is 8.78 Å². The second-order valence-electron chi connectivity index (χ2n) is 3.30. The van der Waals surface area contributed by atoms with Crippen LogP contribution in [0, 0.1) is 11.3 Å². The molecule has 0 aliphatic rings. The minimum atomic E-state index is -3.57. The highest BCUT2D eigenvalue weighted by Crippen LogP contribution is 2.29. The van der Waals surface area contributed by atoms with Crippen molar-refractivity contribution in [1.82, 2.24) is 4.57 Å². The lowest BCUT2D eigenvalue weighted by Crippen LogP contribution is -2.11. The molecule has 0 radical (unpaired) electrons. The molecule has 2 aromatic rings. The van der Waals surface area contributed by atoms with E-state index in [0.29, 0.717) is 0 Å². The number of hydrogen-bond acceptors (Lipinski definition) is 3. The molecule has 0 aliphatic carbocycles. The predicted molar refractivity (Wildman–Crippen MR) is 51.0 cm³/mol. The third-order valence-corrected chi connectivity index (χ3v) is 2.29. The van der Waals surface area contributed by atoms with E-state index in [-0.39, 0.29) is 11.1 Å². The molecular formula is C10H6F2N2O2. The third kappa shape index (κ3) is 1.37. The molecule has 0 N–H and O–H groups in total. The van der Waals surface area contributed by atoms with Crippen LogP contribution in [0.25, 0.3) is 11.1 Å². The molecule has 1 aromatic carbocycles. The molecule has 16 heavy (non-hydrogen) atoms. The normalized spacial score (nSPS) is 11.6. The molecule has 1 aromatic heterocycles. The van der Waals surface area contributed by atoms with Crippen LogP contribution in [0.2, 0.25) is 0 Å². The Bertz CT molecular complexity index is 649. The molecule has 2 rings (SSSR count). The molecule has 6 heteroatoms. The highest BCUT2D eigenvalue weighted by molar-refractivity contribution is 5.74. The van der Waals surface area contributed by atoms with Crippen molar-refractivity contribution in [3.05, 3.63) is 34.3 Å². The summed E-state index contributed by atoms with van der Waals surface area (Å²) in [6.07, 6.45) is 0. The lowest BCUT2D eigenvalue weighted by atomic mass is 10.1. The smallest absolute Gasteiger partial charge is 0.408 e. The quantitative estimate of drug-likeness (QED) is 0.741. The van der Waals surface area contributed by atoms with Crippen molar-refractivity contribution in [3.63, 3.8) is 0 Å². The van der Waals surface area contributed by atoms with Gasteiger partial charge in [0, 0.05) is 12.6 Å². The molecule has 0 atom stereocenters. The maximum atomic E-state index is 13.1. The van der Waals surface area contributed by atoms with Gasteiger partial charge in [-0.2, -0.15) is 14.0 Å². The molecule has 0 fully saturated rings. The summed E-state index contributed by atoms with van der Waals surface area (Å²) in [5.74, 6) is -4.20. The molecule has 0 saturated heterocycles. The first kappa shape index (κ1) is 10.4. The predicted octanol–water partition coefficient (Wildman–Crippen LogP) is 1.75. The Hall–Kier alpha value is -2.16. The molecule has 0 unspecified atom stereocenters. The van der Waals surface area contributed by atoms with Crippen LogP contribution in [0.1, 0.15) is 5.56 Å². The molecule has 0 saturated carbocycles. The van der Waals surface area contributed by atoms with Gasteiger partial charge in [-0.05, 0) is 18.2 Å². The largest absolute Gasteiger partial charge is 0.419 e. The maximum absolute atomic E-state index is 13.1. The van der Waals surface area contributed by atoms with Crippen LogP contribution >= 0.6 is 0 Å². The van der Waals surface area contributed by atoms with E-state index in [1.807, 2.05) is 0 Å². The highest BCUT2D eigenvalue weighted by Gasteiger charge is 2.31. The van der Waals surface area contributed by atoms with Crippen LogP contribution in [0.3, 0.4) is 0 Å². The number of fused-ring (bicyclic) bond motifs is 1. The van der Waals surface area contributed by atoms with Crippen molar-refractivity contribution in [2.45, 2.75) is 5.92 Å². The van der Waals surface area contributed by atoms with E-state index in [1.54, 1.807) is 0 Å². The summed E-state index contributed by atoms with van der Waals surface area (Å²) in [7, 11) is 1.41. The first-order chi connectivity index (χ1) is 7.45. The van der Waals surface area contributed by atoms with Crippen molar-refractivity contribution in [1.29, 1.82) is 5.26 Å². The third-order valence-electron chi connectivity index (χ3n) is 2.29. The van der Waals surface area contributed by atoms with Crippen molar-refractivity contribution in [3.8, 4) is 6.07 Å². The minimum Gasteiger partial charge on any atom is -0.408 e. The molecule has 0 bridgehead atoms. The Labute approximate surface area is 88.3 Å². The zero-order valence-electron chi connectivity index (χ0n) is 8.20. The summed E-state index contributed by atoms with van der Waals surface area (Å²) >= 11 is 0. The number of alkyl halides is 2. The van der Waals surface area contributed by atoms with Gasteiger partial charge >= 0.3 is 11.7 Å². The fourth-order valence-electron chi connectivity index (χ4n) is 1.39. The molecule has 0 aliphatic heterocycles. The van der Waals surface area contributed by atoms with Gasteiger partial charge in [0.2, 0.25) is 0 Å². The van der Waals surface area contributed by atoms with Crippen molar-refractivity contribution in [2.75, 3.05) is 0 Å². The number of nitriles is 1. The van der Waals surface area contributed by atoms with E-state index in [9.17, 15) is 13.6 Å². The van der Waals surface area contributed by atoms with Gasteiger partial charge in [-0.3, -0.25) is 4.57 Å². The zero-order chi connectivity index (χ0) is 11.9. The molecule has 0 amide bonds. The lowest BCUT2D eigenvalue weighted by Gasteiger charge is -2.06. The molecule has 1 heterocycles. The van der Waals surface area contributed by atoms with E-state index < -0.39 is 17.2 Å². The average molecular weight is 224 g/mol. The summed E-state index contributed by atoms with van der Waals surface area (Å²) < 4.78 is 32.0. The van der Waals surface area contributed by atoms with Crippen molar-refractivity contribution < 1.29 is 13.2 Å². The Morgan fingerprint density at radius 1 is 1.50 bits per heavy atom. The van der Waals surface area contributed by atoms with E-state index in [2.05, 4.69) is 0 Å². The Morgan fingerprint density at radius 2 is 2.19 bits per heavy atom. The fourth-order valence-corrected chi connectivity index (χ4v) is 1.39. The number of halogens is 2. The Kier molecular flexibility index (Phi) is 2.05. The van der Waals surface area contributed by atoms with Gasteiger partial charge in [0.05, 0.1) is 5.52 Å². The lowest BCUT2D eigenvalue weighted by molar-refractivity contribution is 0.0614. The van der Waals surface area contributed by atoms with Gasteiger partial charge in [0.1, 0.15) is 6.07 Å². The topological polar surface area (TPSA) is 58.9 Å². The average Bonchev–Trinajstić information content (AvgIpc) is 2.55. The monoisotopic (exact) mass is 224 g/mol. The highest BCUT2D eigenvalue weighted by atomic mass is 19.3. The Balaban J connectivity index is 2.74. The number of aromatic nitrogens is 1. The van der Waals surface area contributed by atoms with Crippen LogP contribution in [0.15, 0.2) is 27.4 Å². The molecule has 4 nitrogen and oxygen atoms in total. The number of oxazole rings is 1. The maximum Gasteiger partial charge on any atom is 0.419 e. The van der Waals surface area contributed by atoms with Crippen molar-refractivity contribution in [2.24, 2.45) is 7.05 Å². The second-order valence-corrected chi connectivity index (χ2v) is 3.30. The van der Waals surface area contributed by atoms with Gasteiger partial charge in [-0.15, -0.1) is 0 Å². The van der Waals surface area contributed by atoms with E-state index >= 15 is 0 Å². The van der Waals surface area contributed by atoms with E-state index in [1.165, 1.54) is 13.1 Å². The number of rotatable bonds is 1. The Morgan fingerprint density at radius 3 is 2.81 bits per heavy atom. The summed E-state index contributed by atoms with van der Waals surface area (Å²) in [5.41, 5.74) is -0.0127. The molecule has 82 valence electrons. The first-order valence-corrected chi connectivity index (χ1v) is 4.35. The van der Waals surface area contributed by atoms with Crippen LogP contribution in [-0.4, -0.2) is 4.57 Å². The zero-order valence-corrected chi connectivity index (χ0v) is 8.20. The SMILES string of the molecule is Cn1c(=O)oc2ccc(C(F)(F)C#N)cc21. The summed E-state index contributed by atoms with van der Waals surface area (Å²) in [4.78, 5) is 11.1. The number of aryl methyl sites for hydroxylation is 1. The fraction of sp³-hybridized carbons (Fsp3) is 0.200. The number of hydrogen-bond donors (Lipinski definition) is 0. The van der Waals surface area contributed by atoms with Gasteiger partial charge < -0.3 is 4.42 Å². The molecule has 0 spiro atoms. The second kappa shape index (κ2) is 3.17. The number of benzene rings is 1. The minimum absolute atomic E-state index is 0.213.